The van der Waals surface area contributed by atoms with Gasteiger partial charge in [-0.15, -0.1) is 0 Å². The third-order valence-corrected chi connectivity index (χ3v) is 6.61. The second-order valence-electron chi connectivity index (χ2n) is 6.85. The highest BCUT2D eigenvalue weighted by atomic mass is 32.2. The van der Waals surface area contributed by atoms with Gasteiger partial charge in [0.05, 0.1) is 21.3 Å². The quantitative estimate of drug-likeness (QED) is 0.758. The first-order valence-electron chi connectivity index (χ1n) is 7.37. The van der Waals surface area contributed by atoms with Gasteiger partial charge in [0, 0.05) is 0 Å². The van der Waals surface area contributed by atoms with E-state index in [1.165, 1.54) is 12.1 Å². The Hall–Kier alpha value is -0.885. The molecule has 2 rings (SSSR count). The van der Waals surface area contributed by atoms with Crippen LogP contribution in [0, 0.1) is 0 Å². The molecular formula is C15H23BO5S. The van der Waals surface area contributed by atoms with Crippen molar-refractivity contribution in [3.63, 3.8) is 0 Å². The van der Waals surface area contributed by atoms with Crippen LogP contribution < -0.4 is 5.46 Å². The zero-order valence-electron chi connectivity index (χ0n) is 13.4. The highest BCUT2D eigenvalue weighted by Gasteiger charge is 2.40. The van der Waals surface area contributed by atoms with Crippen LogP contribution in [0.3, 0.4) is 0 Å². The Kier molecular flexibility index (Phi) is 4.47. The molecule has 0 atom stereocenters. The first-order chi connectivity index (χ1) is 9.95. The van der Waals surface area contributed by atoms with Crippen LogP contribution in [0.4, 0.5) is 0 Å². The SMILES string of the molecule is CC(C)(O)C(C)(C)OB(O)c1ccc(S(=O)(=O)C2CC2)cc1. The monoisotopic (exact) mass is 326 g/mol. The van der Waals surface area contributed by atoms with Gasteiger partial charge in [0.15, 0.2) is 9.84 Å². The van der Waals surface area contributed by atoms with E-state index in [1.54, 1.807) is 39.8 Å². The summed E-state index contributed by atoms with van der Waals surface area (Å²) in [6.45, 7) is 6.57. The Morgan fingerprint density at radius 1 is 1.14 bits per heavy atom. The summed E-state index contributed by atoms with van der Waals surface area (Å²) in [6.07, 6.45) is 1.44. The lowest BCUT2D eigenvalue weighted by Gasteiger charge is -2.38. The van der Waals surface area contributed by atoms with Gasteiger partial charge in [-0.3, -0.25) is 0 Å². The van der Waals surface area contributed by atoms with Crippen LogP contribution in [0.1, 0.15) is 40.5 Å². The lowest BCUT2D eigenvalue weighted by Crippen LogP contribution is -2.53. The molecule has 1 aromatic rings. The summed E-state index contributed by atoms with van der Waals surface area (Å²) in [7, 11) is -4.47. The van der Waals surface area contributed by atoms with E-state index in [0.717, 1.165) is 12.8 Å². The maximum atomic E-state index is 12.1. The van der Waals surface area contributed by atoms with E-state index < -0.39 is 28.2 Å². The lowest BCUT2D eigenvalue weighted by atomic mass is 9.76. The molecule has 22 heavy (non-hydrogen) atoms. The third kappa shape index (κ3) is 3.54. The predicted molar refractivity (Wildman–Crippen MR) is 85.7 cm³/mol. The van der Waals surface area contributed by atoms with Crippen LogP contribution in [-0.2, 0) is 14.5 Å². The predicted octanol–water partition coefficient (Wildman–Crippen LogP) is 0.876. The Morgan fingerprint density at radius 3 is 2.05 bits per heavy atom. The van der Waals surface area contributed by atoms with Gasteiger partial charge in [0.1, 0.15) is 0 Å². The van der Waals surface area contributed by atoms with Crippen LogP contribution in [0.25, 0.3) is 0 Å². The van der Waals surface area contributed by atoms with E-state index in [0.29, 0.717) is 5.46 Å². The molecule has 1 saturated carbocycles. The molecular weight excluding hydrogens is 303 g/mol. The summed E-state index contributed by atoms with van der Waals surface area (Å²) in [6, 6.07) is 6.07. The lowest BCUT2D eigenvalue weighted by molar-refractivity contribution is -0.0982. The van der Waals surface area contributed by atoms with Crippen molar-refractivity contribution >= 4 is 22.4 Å². The smallest absolute Gasteiger partial charge is 0.423 e. The normalized spacial score (nSPS) is 16.6. The molecule has 1 aliphatic rings. The van der Waals surface area contributed by atoms with Crippen LogP contribution in [-0.4, -0.2) is 42.1 Å². The maximum absolute atomic E-state index is 12.1. The summed E-state index contributed by atoms with van der Waals surface area (Å²) in [5, 5.41) is 19.9. The molecule has 1 aromatic carbocycles. The number of hydrogen-bond acceptors (Lipinski definition) is 5. The van der Waals surface area contributed by atoms with Gasteiger partial charge in [-0.1, -0.05) is 12.1 Å². The minimum atomic E-state index is -3.23. The first-order valence-corrected chi connectivity index (χ1v) is 8.92. The van der Waals surface area contributed by atoms with E-state index in [9.17, 15) is 18.5 Å². The summed E-state index contributed by atoms with van der Waals surface area (Å²) in [5.41, 5.74) is -1.65. The largest absolute Gasteiger partial charge is 0.491 e. The van der Waals surface area contributed by atoms with E-state index >= 15 is 0 Å². The van der Waals surface area contributed by atoms with Gasteiger partial charge < -0.3 is 14.8 Å². The van der Waals surface area contributed by atoms with Crippen LogP contribution in [0.2, 0.25) is 0 Å². The Balaban J connectivity index is 2.13. The third-order valence-electron chi connectivity index (χ3n) is 4.34. The molecule has 122 valence electrons. The van der Waals surface area contributed by atoms with Gasteiger partial charge in [-0.2, -0.15) is 0 Å². The van der Waals surface area contributed by atoms with Crippen LogP contribution >= 0.6 is 0 Å². The first kappa shape index (κ1) is 17.5. The number of rotatable bonds is 6. The van der Waals surface area contributed by atoms with Gasteiger partial charge >= 0.3 is 7.12 Å². The van der Waals surface area contributed by atoms with Gasteiger partial charge in [0.2, 0.25) is 0 Å². The topological polar surface area (TPSA) is 83.8 Å². The molecule has 0 saturated heterocycles. The average Bonchev–Trinajstić information content (AvgIpc) is 3.21. The Labute approximate surface area is 132 Å². The molecule has 5 nitrogen and oxygen atoms in total. The van der Waals surface area contributed by atoms with Crippen molar-refractivity contribution in [3.8, 4) is 0 Å². The molecule has 0 amide bonds. The zero-order valence-corrected chi connectivity index (χ0v) is 14.2. The molecule has 0 radical (unpaired) electrons. The molecule has 0 bridgehead atoms. The standard InChI is InChI=1S/C15H23BO5S/c1-14(2,17)15(3,4)21-16(18)11-5-7-12(8-6-11)22(19,20)13-9-10-13/h5-8,13,17-18H,9-10H2,1-4H3. The van der Waals surface area contributed by atoms with E-state index in [2.05, 4.69) is 0 Å². The van der Waals surface area contributed by atoms with E-state index in [1.807, 2.05) is 0 Å². The summed E-state index contributed by atoms with van der Waals surface area (Å²) in [4.78, 5) is 0.271. The van der Waals surface area contributed by atoms with Gasteiger partial charge in [-0.05, 0) is 58.1 Å². The average molecular weight is 326 g/mol. The Bertz CT molecular complexity index is 627. The summed E-state index contributed by atoms with van der Waals surface area (Å²) >= 11 is 0. The molecule has 1 aliphatic carbocycles. The molecule has 0 spiro atoms. The molecule has 1 fully saturated rings. The van der Waals surface area contributed by atoms with Crippen molar-refractivity contribution in [3.05, 3.63) is 24.3 Å². The van der Waals surface area contributed by atoms with Crippen LogP contribution in [0.15, 0.2) is 29.2 Å². The van der Waals surface area contributed by atoms with E-state index in [4.69, 9.17) is 4.65 Å². The fourth-order valence-corrected chi connectivity index (χ4v) is 3.54. The van der Waals surface area contributed by atoms with E-state index in [-0.39, 0.29) is 10.1 Å². The van der Waals surface area contributed by atoms with Crippen molar-refractivity contribution in [1.82, 2.24) is 0 Å². The number of aliphatic hydroxyl groups is 1. The minimum Gasteiger partial charge on any atom is -0.423 e. The number of benzene rings is 1. The maximum Gasteiger partial charge on any atom is 0.491 e. The number of sulfone groups is 1. The van der Waals surface area contributed by atoms with Crippen molar-refractivity contribution in [1.29, 1.82) is 0 Å². The second kappa shape index (κ2) is 5.63. The summed E-state index contributed by atoms with van der Waals surface area (Å²) < 4.78 is 29.7. The fourth-order valence-electron chi connectivity index (χ4n) is 1.88. The molecule has 2 N–H and O–H groups in total. The molecule has 7 heteroatoms. The highest BCUT2D eigenvalue weighted by molar-refractivity contribution is 7.92. The molecule has 0 heterocycles. The highest BCUT2D eigenvalue weighted by Crippen LogP contribution is 2.33. The van der Waals surface area contributed by atoms with Crippen molar-refractivity contribution < 1.29 is 23.2 Å². The zero-order chi connectivity index (χ0) is 16.8. The minimum absolute atomic E-state index is 0.256. The van der Waals surface area contributed by atoms with Gasteiger partial charge in [0.25, 0.3) is 0 Å². The van der Waals surface area contributed by atoms with Crippen molar-refractivity contribution in [2.45, 2.75) is 61.9 Å². The fraction of sp³-hybridized carbons (Fsp3) is 0.600. The second-order valence-corrected chi connectivity index (χ2v) is 9.08. The molecule has 0 aromatic heterocycles. The molecule has 0 unspecified atom stereocenters. The van der Waals surface area contributed by atoms with Crippen molar-refractivity contribution in [2.75, 3.05) is 0 Å². The molecule has 0 aliphatic heterocycles. The number of hydrogen-bond donors (Lipinski definition) is 2. The summed E-state index contributed by atoms with van der Waals surface area (Å²) in [5.74, 6) is 0. The Morgan fingerprint density at radius 2 is 1.64 bits per heavy atom. The van der Waals surface area contributed by atoms with Gasteiger partial charge in [-0.25, -0.2) is 8.42 Å². The van der Waals surface area contributed by atoms with Crippen LogP contribution in [0.5, 0.6) is 0 Å². The van der Waals surface area contributed by atoms with Crippen molar-refractivity contribution in [2.24, 2.45) is 0 Å².